The van der Waals surface area contributed by atoms with Crippen molar-refractivity contribution in [1.82, 2.24) is 9.55 Å². The highest BCUT2D eigenvalue weighted by Gasteiger charge is 2.17. The summed E-state index contributed by atoms with van der Waals surface area (Å²) in [5.41, 5.74) is 2.58. The van der Waals surface area contributed by atoms with Crippen molar-refractivity contribution in [3.63, 3.8) is 0 Å². The third kappa shape index (κ3) is 2.92. The number of para-hydroxylation sites is 1. The first-order chi connectivity index (χ1) is 11.2. The molecule has 0 saturated carbocycles. The van der Waals surface area contributed by atoms with Gasteiger partial charge in [0, 0.05) is 17.5 Å². The average Bonchev–Trinajstić information content (AvgIpc) is 3.19. The van der Waals surface area contributed by atoms with Crippen molar-refractivity contribution in [3.05, 3.63) is 48.1 Å². The summed E-state index contributed by atoms with van der Waals surface area (Å²) in [7, 11) is 0. The molecule has 1 aromatic carbocycles. The zero-order valence-corrected chi connectivity index (χ0v) is 14.5. The molecule has 2 aromatic heterocycles. The standard InChI is InChI=1S/C20H26N2O/c1-5-9-15(4)17-13-22(18-11-8-7-10-16(17)18)19-12-21-20(23-19)14(3)6-2/h7-8,10-15H,5-6,9H2,1-4H3. The average molecular weight is 310 g/mol. The predicted molar refractivity (Wildman–Crippen MR) is 95.4 cm³/mol. The van der Waals surface area contributed by atoms with Crippen molar-refractivity contribution >= 4 is 10.9 Å². The first-order valence-corrected chi connectivity index (χ1v) is 8.71. The summed E-state index contributed by atoms with van der Waals surface area (Å²) < 4.78 is 8.18. The van der Waals surface area contributed by atoms with Crippen molar-refractivity contribution in [2.45, 2.75) is 58.8 Å². The normalized spacial score (nSPS) is 14.3. The molecule has 3 heteroatoms. The summed E-state index contributed by atoms with van der Waals surface area (Å²) in [6.45, 7) is 8.85. The fraction of sp³-hybridized carbons (Fsp3) is 0.450. The number of aromatic nitrogens is 2. The molecule has 2 atom stereocenters. The van der Waals surface area contributed by atoms with Crippen LogP contribution in [0.4, 0.5) is 0 Å². The Balaban J connectivity index is 2.09. The Morgan fingerprint density at radius 3 is 2.65 bits per heavy atom. The number of fused-ring (bicyclic) bond motifs is 1. The molecule has 3 rings (SSSR count). The molecule has 0 aliphatic rings. The molecule has 122 valence electrons. The van der Waals surface area contributed by atoms with E-state index in [1.165, 1.54) is 29.3 Å². The van der Waals surface area contributed by atoms with Crippen LogP contribution in [0.5, 0.6) is 0 Å². The second kappa shape index (κ2) is 6.61. The minimum atomic E-state index is 0.351. The highest BCUT2D eigenvalue weighted by atomic mass is 16.4. The molecule has 0 spiro atoms. The third-order valence-corrected chi connectivity index (χ3v) is 4.78. The molecule has 0 aliphatic heterocycles. The SMILES string of the molecule is CCCC(C)c1cn(-c2cnc(C(C)CC)o2)c2ccccc12. The van der Waals surface area contributed by atoms with Crippen LogP contribution >= 0.6 is 0 Å². The van der Waals surface area contributed by atoms with Crippen LogP contribution in [0.25, 0.3) is 16.8 Å². The number of nitrogens with zero attached hydrogens (tertiary/aromatic N) is 2. The Labute approximate surface area is 138 Å². The van der Waals surface area contributed by atoms with E-state index in [4.69, 9.17) is 4.42 Å². The van der Waals surface area contributed by atoms with Gasteiger partial charge in [-0.3, -0.25) is 4.57 Å². The Bertz CT molecular complexity index is 784. The van der Waals surface area contributed by atoms with E-state index in [-0.39, 0.29) is 0 Å². The van der Waals surface area contributed by atoms with Gasteiger partial charge in [0.15, 0.2) is 5.89 Å². The van der Waals surface area contributed by atoms with E-state index < -0.39 is 0 Å². The van der Waals surface area contributed by atoms with E-state index in [1.807, 2.05) is 6.20 Å². The maximum absolute atomic E-state index is 6.04. The molecule has 3 aromatic rings. The maximum Gasteiger partial charge on any atom is 0.224 e. The largest absolute Gasteiger partial charge is 0.424 e. The number of oxazole rings is 1. The summed E-state index contributed by atoms with van der Waals surface area (Å²) in [6.07, 6.45) is 7.50. The molecule has 0 amide bonds. The second-order valence-corrected chi connectivity index (χ2v) is 6.51. The lowest BCUT2D eigenvalue weighted by Gasteiger charge is -2.08. The Morgan fingerprint density at radius 1 is 1.13 bits per heavy atom. The topological polar surface area (TPSA) is 31.0 Å². The summed E-state index contributed by atoms with van der Waals surface area (Å²) in [5.74, 6) is 2.53. The van der Waals surface area contributed by atoms with Crippen LogP contribution in [0.3, 0.4) is 0 Å². The van der Waals surface area contributed by atoms with Gasteiger partial charge in [-0.15, -0.1) is 0 Å². The van der Waals surface area contributed by atoms with Crippen molar-refractivity contribution in [2.75, 3.05) is 0 Å². The van der Waals surface area contributed by atoms with Crippen molar-refractivity contribution in [1.29, 1.82) is 0 Å². The van der Waals surface area contributed by atoms with Gasteiger partial charge in [0.2, 0.25) is 5.88 Å². The molecule has 0 fully saturated rings. The van der Waals surface area contributed by atoms with Gasteiger partial charge in [-0.25, -0.2) is 4.98 Å². The van der Waals surface area contributed by atoms with Crippen LogP contribution in [0.2, 0.25) is 0 Å². The monoisotopic (exact) mass is 310 g/mol. The van der Waals surface area contributed by atoms with Gasteiger partial charge in [-0.1, -0.05) is 52.3 Å². The summed E-state index contributed by atoms with van der Waals surface area (Å²) >= 11 is 0. The predicted octanol–water partition coefficient (Wildman–Crippen LogP) is 6.04. The fourth-order valence-electron chi connectivity index (χ4n) is 3.16. The Hall–Kier alpha value is -2.03. The number of rotatable bonds is 6. The molecule has 0 N–H and O–H groups in total. The van der Waals surface area contributed by atoms with Gasteiger partial charge in [-0.05, 0) is 30.4 Å². The van der Waals surface area contributed by atoms with E-state index >= 15 is 0 Å². The zero-order valence-electron chi connectivity index (χ0n) is 14.5. The van der Waals surface area contributed by atoms with E-state index in [1.54, 1.807) is 0 Å². The minimum Gasteiger partial charge on any atom is -0.424 e. The van der Waals surface area contributed by atoms with Gasteiger partial charge in [0.05, 0.1) is 11.7 Å². The Morgan fingerprint density at radius 2 is 1.91 bits per heavy atom. The zero-order chi connectivity index (χ0) is 16.4. The minimum absolute atomic E-state index is 0.351. The van der Waals surface area contributed by atoms with Crippen LogP contribution in [0.1, 0.15) is 70.2 Å². The van der Waals surface area contributed by atoms with E-state index in [0.29, 0.717) is 11.8 Å². The van der Waals surface area contributed by atoms with Crippen LogP contribution < -0.4 is 0 Å². The maximum atomic E-state index is 6.04. The van der Waals surface area contributed by atoms with Crippen molar-refractivity contribution in [3.8, 4) is 5.88 Å². The molecule has 23 heavy (non-hydrogen) atoms. The van der Waals surface area contributed by atoms with Gasteiger partial charge >= 0.3 is 0 Å². The summed E-state index contributed by atoms with van der Waals surface area (Å²) in [5, 5.41) is 1.31. The van der Waals surface area contributed by atoms with Crippen LogP contribution in [0.15, 0.2) is 41.1 Å². The van der Waals surface area contributed by atoms with E-state index in [9.17, 15) is 0 Å². The molecule has 2 heterocycles. The third-order valence-electron chi connectivity index (χ3n) is 4.78. The second-order valence-electron chi connectivity index (χ2n) is 6.51. The molecule has 0 bridgehead atoms. The summed E-state index contributed by atoms with van der Waals surface area (Å²) in [6, 6.07) is 8.56. The van der Waals surface area contributed by atoms with Crippen LogP contribution in [-0.2, 0) is 0 Å². The summed E-state index contributed by atoms with van der Waals surface area (Å²) in [4.78, 5) is 4.47. The highest BCUT2D eigenvalue weighted by Crippen LogP contribution is 2.32. The van der Waals surface area contributed by atoms with E-state index in [2.05, 4.69) is 67.7 Å². The van der Waals surface area contributed by atoms with E-state index in [0.717, 1.165) is 18.2 Å². The smallest absolute Gasteiger partial charge is 0.224 e. The van der Waals surface area contributed by atoms with Crippen LogP contribution in [-0.4, -0.2) is 9.55 Å². The van der Waals surface area contributed by atoms with Crippen LogP contribution in [0, 0.1) is 0 Å². The molecule has 0 radical (unpaired) electrons. The fourth-order valence-corrected chi connectivity index (χ4v) is 3.16. The van der Waals surface area contributed by atoms with Gasteiger partial charge in [0.25, 0.3) is 0 Å². The quantitative estimate of drug-likeness (QED) is 0.556. The van der Waals surface area contributed by atoms with Crippen molar-refractivity contribution < 1.29 is 4.42 Å². The molecule has 2 unspecified atom stereocenters. The Kier molecular flexibility index (Phi) is 4.56. The number of benzene rings is 1. The molecule has 0 saturated heterocycles. The lowest BCUT2D eigenvalue weighted by molar-refractivity contribution is 0.442. The lowest BCUT2D eigenvalue weighted by Crippen LogP contribution is -1.92. The first kappa shape index (κ1) is 15.9. The number of hydrogen-bond acceptors (Lipinski definition) is 2. The molecule has 0 aliphatic carbocycles. The lowest BCUT2D eigenvalue weighted by atomic mass is 9.96. The molecular formula is C20H26N2O. The first-order valence-electron chi connectivity index (χ1n) is 8.71. The highest BCUT2D eigenvalue weighted by molar-refractivity contribution is 5.85. The van der Waals surface area contributed by atoms with Crippen molar-refractivity contribution in [2.24, 2.45) is 0 Å². The van der Waals surface area contributed by atoms with Gasteiger partial charge in [-0.2, -0.15) is 0 Å². The molecule has 3 nitrogen and oxygen atoms in total. The van der Waals surface area contributed by atoms with Gasteiger partial charge in [0.1, 0.15) is 0 Å². The number of hydrogen-bond donors (Lipinski definition) is 0. The van der Waals surface area contributed by atoms with Gasteiger partial charge < -0.3 is 4.42 Å². The molecular weight excluding hydrogens is 284 g/mol.